The minimum Gasteiger partial charge on any atom is -0.268 e. The van der Waals surface area contributed by atoms with E-state index in [-0.39, 0.29) is 18.2 Å². The quantitative estimate of drug-likeness (QED) is 0.760. The van der Waals surface area contributed by atoms with Gasteiger partial charge in [-0.25, -0.2) is 12.7 Å². The molecule has 1 aromatic rings. The van der Waals surface area contributed by atoms with E-state index < -0.39 is 15.9 Å². The maximum atomic E-state index is 12.1. The van der Waals surface area contributed by atoms with E-state index in [1.54, 1.807) is 18.2 Å². The molecular formula is C12H15NO3S. The first-order valence-corrected chi connectivity index (χ1v) is 7.12. The van der Waals surface area contributed by atoms with Crippen LogP contribution in [0, 0.1) is 12.8 Å². The summed E-state index contributed by atoms with van der Waals surface area (Å²) in [5.41, 5.74) is 1.38. The molecule has 1 aromatic carbocycles. The van der Waals surface area contributed by atoms with E-state index in [0.717, 1.165) is 9.87 Å². The monoisotopic (exact) mass is 253 g/mol. The van der Waals surface area contributed by atoms with Gasteiger partial charge in [-0.3, -0.25) is 4.79 Å². The summed E-state index contributed by atoms with van der Waals surface area (Å²) >= 11 is 0. The van der Waals surface area contributed by atoms with Crippen molar-refractivity contribution in [2.75, 3.05) is 12.3 Å². The summed E-state index contributed by atoms with van der Waals surface area (Å²) in [6, 6.07) is 6.99. The van der Waals surface area contributed by atoms with Crippen LogP contribution in [-0.4, -0.2) is 30.9 Å². The molecule has 1 heterocycles. The highest BCUT2D eigenvalue weighted by atomic mass is 32.2. The van der Waals surface area contributed by atoms with E-state index in [4.69, 9.17) is 0 Å². The van der Waals surface area contributed by atoms with Crippen LogP contribution in [0.5, 0.6) is 0 Å². The Morgan fingerprint density at radius 3 is 2.65 bits per heavy atom. The van der Waals surface area contributed by atoms with Gasteiger partial charge in [0.05, 0.1) is 5.75 Å². The molecule has 1 fully saturated rings. The van der Waals surface area contributed by atoms with Crippen LogP contribution in [0.3, 0.4) is 0 Å². The van der Waals surface area contributed by atoms with Gasteiger partial charge in [-0.2, -0.15) is 0 Å². The zero-order chi connectivity index (χ0) is 12.6. The van der Waals surface area contributed by atoms with E-state index in [2.05, 4.69) is 0 Å². The predicted octanol–water partition coefficient (Wildman–Crippen LogP) is 1.42. The standard InChI is InChI=1S/C12H15NO3S/c1-9-4-3-5-11(6-9)12(14)13-7-10(2)8-17(13,15)16/h3-6,10H,7-8H2,1-2H3. The third kappa shape index (κ3) is 2.34. The molecular weight excluding hydrogens is 238 g/mol. The molecule has 0 radical (unpaired) electrons. The van der Waals surface area contributed by atoms with Crippen molar-refractivity contribution in [1.82, 2.24) is 4.31 Å². The fraction of sp³-hybridized carbons (Fsp3) is 0.417. The smallest absolute Gasteiger partial charge is 0.267 e. The van der Waals surface area contributed by atoms with E-state index in [1.165, 1.54) is 0 Å². The van der Waals surface area contributed by atoms with Crippen molar-refractivity contribution in [2.24, 2.45) is 5.92 Å². The first-order chi connectivity index (χ1) is 7.90. The molecule has 1 unspecified atom stereocenters. The predicted molar refractivity (Wildman–Crippen MR) is 65.2 cm³/mol. The van der Waals surface area contributed by atoms with Gasteiger partial charge < -0.3 is 0 Å². The summed E-state index contributed by atoms with van der Waals surface area (Å²) in [5, 5.41) is 0. The van der Waals surface area contributed by atoms with Gasteiger partial charge in [0.2, 0.25) is 10.0 Å². The Hall–Kier alpha value is -1.36. The molecule has 1 amide bonds. The molecule has 0 spiro atoms. The molecule has 2 rings (SSSR count). The average Bonchev–Trinajstić information content (AvgIpc) is 2.51. The minimum atomic E-state index is -3.41. The Labute approximate surface area is 101 Å². The first-order valence-electron chi connectivity index (χ1n) is 5.51. The Morgan fingerprint density at radius 1 is 1.41 bits per heavy atom. The highest BCUT2D eigenvalue weighted by Crippen LogP contribution is 2.21. The van der Waals surface area contributed by atoms with Gasteiger partial charge in [0.15, 0.2) is 0 Å². The van der Waals surface area contributed by atoms with Crippen LogP contribution in [-0.2, 0) is 10.0 Å². The van der Waals surface area contributed by atoms with Crippen LogP contribution in [0.2, 0.25) is 0 Å². The lowest BCUT2D eigenvalue weighted by molar-refractivity contribution is 0.0863. The Morgan fingerprint density at radius 2 is 2.12 bits per heavy atom. The number of aryl methyl sites for hydroxylation is 1. The molecule has 4 nitrogen and oxygen atoms in total. The second-order valence-corrected chi connectivity index (χ2v) is 6.53. The van der Waals surface area contributed by atoms with Crippen molar-refractivity contribution in [2.45, 2.75) is 13.8 Å². The van der Waals surface area contributed by atoms with E-state index in [9.17, 15) is 13.2 Å². The second kappa shape index (κ2) is 4.14. The van der Waals surface area contributed by atoms with Crippen molar-refractivity contribution < 1.29 is 13.2 Å². The normalized spacial score (nSPS) is 22.7. The van der Waals surface area contributed by atoms with Crippen molar-refractivity contribution >= 4 is 15.9 Å². The largest absolute Gasteiger partial charge is 0.268 e. The Kier molecular flexibility index (Phi) is 2.95. The van der Waals surface area contributed by atoms with Crippen molar-refractivity contribution in [3.05, 3.63) is 35.4 Å². The number of nitrogens with zero attached hydrogens (tertiary/aromatic N) is 1. The third-order valence-electron chi connectivity index (χ3n) is 2.80. The number of benzene rings is 1. The van der Waals surface area contributed by atoms with Crippen molar-refractivity contribution in [3.63, 3.8) is 0 Å². The number of rotatable bonds is 1. The topological polar surface area (TPSA) is 54.5 Å². The Bertz CT molecular complexity index is 551. The SMILES string of the molecule is Cc1cccc(C(=O)N2CC(C)CS2(=O)=O)c1. The zero-order valence-corrected chi connectivity index (χ0v) is 10.7. The summed E-state index contributed by atoms with van der Waals surface area (Å²) in [6.45, 7) is 3.99. The molecule has 1 aliphatic rings. The minimum absolute atomic E-state index is 0.00811. The maximum Gasteiger partial charge on any atom is 0.267 e. The molecule has 1 atom stereocenters. The van der Waals surface area contributed by atoms with Crippen LogP contribution in [0.25, 0.3) is 0 Å². The molecule has 0 bridgehead atoms. The summed E-state index contributed by atoms with van der Waals surface area (Å²) in [7, 11) is -3.41. The number of amides is 1. The van der Waals surface area contributed by atoms with Crippen molar-refractivity contribution in [3.8, 4) is 0 Å². The molecule has 17 heavy (non-hydrogen) atoms. The summed E-state index contributed by atoms with van der Waals surface area (Å²) < 4.78 is 24.5. The summed E-state index contributed by atoms with van der Waals surface area (Å²) in [6.07, 6.45) is 0. The van der Waals surface area contributed by atoms with Gasteiger partial charge in [0.1, 0.15) is 0 Å². The van der Waals surface area contributed by atoms with Gasteiger partial charge in [-0.1, -0.05) is 24.6 Å². The highest BCUT2D eigenvalue weighted by molar-refractivity contribution is 7.89. The zero-order valence-electron chi connectivity index (χ0n) is 9.88. The van der Waals surface area contributed by atoms with E-state index >= 15 is 0 Å². The average molecular weight is 253 g/mol. The van der Waals surface area contributed by atoms with Crippen LogP contribution in [0.1, 0.15) is 22.8 Å². The van der Waals surface area contributed by atoms with Gasteiger partial charge in [0, 0.05) is 12.1 Å². The number of carbonyl (C=O) groups excluding carboxylic acids is 1. The molecule has 0 N–H and O–H groups in total. The molecule has 0 aromatic heterocycles. The van der Waals surface area contributed by atoms with E-state index in [1.807, 2.05) is 19.9 Å². The number of hydrogen-bond donors (Lipinski definition) is 0. The fourth-order valence-electron chi connectivity index (χ4n) is 2.03. The van der Waals surface area contributed by atoms with Gasteiger partial charge >= 0.3 is 0 Å². The lowest BCUT2D eigenvalue weighted by Gasteiger charge is -2.15. The Balaban J connectivity index is 2.33. The van der Waals surface area contributed by atoms with Crippen LogP contribution in [0.4, 0.5) is 0 Å². The molecule has 0 aliphatic carbocycles. The fourth-order valence-corrected chi connectivity index (χ4v) is 3.87. The highest BCUT2D eigenvalue weighted by Gasteiger charge is 2.37. The molecule has 0 saturated carbocycles. The van der Waals surface area contributed by atoms with Crippen molar-refractivity contribution in [1.29, 1.82) is 0 Å². The molecule has 5 heteroatoms. The number of sulfonamides is 1. The lowest BCUT2D eigenvalue weighted by Crippen LogP contribution is -2.32. The first kappa shape index (κ1) is 12.1. The lowest BCUT2D eigenvalue weighted by atomic mass is 10.1. The summed E-state index contributed by atoms with van der Waals surface area (Å²) in [5.74, 6) is -0.350. The summed E-state index contributed by atoms with van der Waals surface area (Å²) in [4.78, 5) is 12.1. The van der Waals surface area contributed by atoms with Crippen LogP contribution < -0.4 is 0 Å². The van der Waals surface area contributed by atoms with Gasteiger partial charge in [-0.05, 0) is 25.0 Å². The van der Waals surface area contributed by atoms with E-state index in [0.29, 0.717) is 5.56 Å². The third-order valence-corrected chi connectivity index (χ3v) is 4.78. The number of hydrogen-bond acceptors (Lipinski definition) is 3. The number of carbonyl (C=O) groups is 1. The molecule has 92 valence electrons. The maximum absolute atomic E-state index is 12.1. The molecule has 1 aliphatic heterocycles. The van der Waals surface area contributed by atoms with Gasteiger partial charge in [0.25, 0.3) is 5.91 Å². The van der Waals surface area contributed by atoms with Crippen LogP contribution >= 0.6 is 0 Å². The second-order valence-electron chi connectivity index (χ2n) is 4.59. The van der Waals surface area contributed by atoms with Crippen LogP contribution in [0.15, 0.2) is 24.3 Å². The molecule has 1 saturated heterocycles. The van der Waals surface area contributed by atoms with Gasteiger partial charge in [-0.15, -0.1) is 0 Å².